The summed E-state index contributed by atoms with van der Waals surface area (Å²) in [4.78, 5) is 15.4. The van der Waals surface area contributed by atoms with Crippen molar-refractivity contribution in [3.8, 4) is 0 Å². The summed E-state index contributed by atoms with van der Waals surface area (Å²) >= 11 is 5.66. The number of aryl methyl sites for hydroxylation is 1. The third kappa shape index (κ3) is 3.67. The average molecular weight is 230 g/mol. The highest BCUT2D eigenvalue weighted by Crippen LogP contribution is 2.08. The van der Waals surface area contributed by atoms with Gasteiger partial charge in [0.05, 0.1) is 10.3 Å². The average Bonchev–Trinajstić information content (AvgIpc) is 2.51. The Morgan fingerprint density at radius 1 is 1.79 bits per heavy atom. The van der Waals surface area contributed by atoms with Gasteiger partial charge in [0, 0.05) is 24.0 Å². The molecule has 1 amide bonds. The number of hydrogen-bond acceptors (Lipinski definition) is 4. The van der Waals surface area contributed by atoms with Crippen molar-refractivity contribution in [3.63, 3.8) is 0 Å². The van der Waals surface area contributed by atoms with E-state index in [1.54, 1.807) is 18.3 Å². The molecule has 78 valence electrons. The summed E-state index contributed by atoms with van der Waals surface area (Å²) in [6.45, 7) is 4.36. The first kappa shape index (κ1) is 11.5. The molecule has 0 saturated heterocycles. The second-order valence-electron chi connectivity index (χ2n) is 3.10. The highest BCUT2D eigenvalue weighted by atomic mass is 32.1. The molecule has 0 spiro atoms. The van der Waals surface area contributed by atoms with Crippen LogP contribution >= 0.6 is 24.0 Å². The van der Waals surface area contributed by atoms with E-state index in [2.05, 4.69) is 22.9 Å². The van der Waals surface area contributed by atoms with Gasteiger partial charge < -0.3 is 5.32 Å². The molecule has 0 bridgehead atoms. The van der Waals surface area contributed by atoms with Gasteiger partial charge in [-0.25, -0.2) is 4.98 Å². The molecule has 0 aliphatic rings. The third-order valence-electron chi connectivity index (χ3n) is 1.68. The van der Waals surface area contributed by atoms with Crippen LogP contribution in [-0.2, 0) is 11.2 Å². The van der Waals surface area contributed by atoms with Gasteiger partial charge in [-0.05, 0) is 13.8 Å². The summed E-state index contributed by atoms with van der Waals surface area (Å²) in [6.07, 6.45) is 0.796. The first-order valence-corrected chi connectivity index (χ1v) is 5.86. The van der Waals surface area contributed by atoms with Crippen molar-refractivity contribution in [2.75, 3.05) is 6.54 Å². The standard InChI is InChI=1S/C9H14N2OS2/c1-6-5-14-8(11-6)3-4-10-9(12)7(2)13/h5,7,13H,3-4H2,1-2H3,(H,10,12). The molecular weight excluding hydrogens is 216 g/mol. The lowest BCUT2D eigenvalue weighted by Crippen LogP contribution is -2.31. The Labute approximate surface area is 93.3 Å². The van der Waals surface area contributed by atoms with E-state index in [4.69, 9.17) is 0 Å². The molecule has 1 unspecified atom stereocenters. The van der Waals surface area contributed by atoms with Gasteiger partial charge in [-0.3, -0.25) is 4.79 Å². The van der Waals surface area contributed by atoms with E-state index >= 15 is 0 Å². The molecule has 1 rings (SSSR count). The molecule has 14 heavy (non-hydrogen) atoms. The molecule has 0 aliphatic carbocycles. The number of amides is 1. The molecule has 0 radical (unpaired) electrons. The van der Waals surface area contributed by atoms with E-state index in [0.717, 1.165) is 17.1 Å². The van der Waals surface area contributed by atoms with Gasteiger partial charge in [0.2, 0.25) is 5.91 Å². The minimum atomic E-state index is -0.243. The van der Waals surface area contributed by atoms with Gasteiger partial charge in [-0.1, -0.05) is 0 Å². The van der Waals surface area contributed by atoms with Gasteiger partial charge >= 0.3 is 0 Å². The minimum Gasteiger partial charge on any atom is -0.355 e. The molecule has 0 fully saturated rings. The molecule has 0 saturated carbocycles. The quantitative estimate of drug-likeness (QED) is 0.768. The molecule has 5 heteroatoms. The maximum Gasteiger partial charge on any atom is 0.232 e. The van der Waals surface area contributed by atoms with Crippen molar-refractivity contribution in [2.45, 2.75) is 25.5 Å². The molecule has 0 aromatic carbocycles. The first-order valence-electron chi connectivity index (χ1n) is 4.46. The number of nitrogens with zero attached hydrogens (tertiary/aromatic N) is 1. The zero-order valence-electron chi connectivity index (χ0n) is 8.28. The van der Waals surface area contributed by atoms with Crippen molar-refractivity contribution in [1.29, 1.82) is 0 Å². The number of thiol groups is 1. The van der Waals surface area contributed by atoms with Crippen LogP contribution in [0.25, 0.3) is 0 Å². The van der Waals surface area contributed by atoms with E-state index in [1.807, 2.05) is 12.3 Å². The Bertz CT molecular complexity index is 310. The van der Waals surface area contributed by atoms with Crippen LogP contribution in [-0.4, -0.2) is 22.7 Å². The lowest BCUT2D eigenvalue weighted by atomic mass is 10.4. The number of hydrogen-bond donors (Lipinski definition) is 2. The molecule has 0 aliphatic heterocycles. The summed E-state index contributed by atoms with van der Waals surface area (Å²) in [7, 11) is 0. The number of carbonyl (C=O) groups excluding carboxylic acids is 1. The Balaban J connectivity index is 2.25. The Hall–Kier alpha value is -0.550. The number of thiazole rings is 1. The molecule has 3 nitrogen and oxygen atoms in total. The van der Waals surface area contributed by atoms with Crippen molar-refractivity contribution in [3.05, 3.63) is 16.1 Å². The van der Waals surface area contributed by atoms with E-state index in [1.165, 1.54) is 0 Å². The van der Waals surface area contributed by atoms with Gasteiger partial charge in [-0.2, -0.15) is 12.6 Å². The van der Waals surface area contributed by atoms with Crippen molar-refractivity contribution < 1.29 is 4.79 Å². The summed E-state index contributed by atoms with van der Waals surface area (Å²) in [5.41, 5.74) is 1.04. The van der Waals surface area contributed by atoms with Crippen molar-refractivity contribution in [2.24, 2.45) is 0 Å². The predicted molar refractivity (Wildman–Crippen MR) is 62.0 cm³/mol. The molecule has 1 atom stereocenters. The van der Waals surface area contributed by atoms with Crippen molar-refractivity contribution >= 4 is 29.9 Å². The molecular formula is C9H14N2OS2. The first-order chi connectivity index (χ1) is 6.59. The second kappa shape index (κ2) is 5.36. The predicted octanol–water partition coefficient (Wildman–Crippen LogP) is 1.43. The monoisotopic (exact) mass is 230 g/mol. The van der Waals surface area contributed by atoms with Crippen LogP contribution in [0.3, 0.4) is 0 Å². The number of nitrogens with one attached hydrogen (secondary N) is 1. The lowest BCUT2D eigenvalue weighted by molar-refractivity contribution is -0.120. The largest absolute Gasteiger partial charge is 0.355 e. The SMILES string of the molecule is Cc1csc(CCNC(=O)C(C)S)n1. The van der Waals surface area contributed by atoms with Crippen LogP contribution in [0, 0.1) is 6.92 Å². The summed E-state index contributed by atoms with van der Waals surface area (Å²) < 4.78 is 0. The lowest BCUT2D eigenvalue weighted by Gasteiger charge is -2.05. The molecule has 1 aromatic rings. The van der Waals surface area contributed by atoms with Gasteiger partial charge in [0.1, 0.15) is 0 Å². The highest BCUT2D eigenvalue weighted by molar-refractivity contribution is 7.81. The topological polar surface area (TPSA) is 42.0 Å². The number of carbonyl (C=O) groups is 1. The fourth-order valence-electron chi connectivity index (χ4n) is 0.958. The zero-order valence-corrected chi connectivity index (χ0v) is 9.99. The van der Waals surface area contributed by atoms with E-state index in [9.17, 15) is 4.79 Å². The van der Waals surface area contributed by atoms with Crippen LogP contribution < -0.4 is 5.32 Å². The smallest absolute Gasteiger partial charge is 0.232 e. The summed E-state index contributed by atoms with van der Waals surface area (Å²) in [6, 6.07) is 0. The minimum absolute atomic E-state index is 0.0263. The van der Waals surface area contributed by atoms with Gasteiger partial charge in [0.25, 0.3) is 0 Å². The highest BCUT2D eigenvalue weighted by Gasteiger charge is 2.06. The van der Waals surface area contributed by atoms with Crippen LogP contribution in [0.4, 0.5) is 0 Å². The maximum atomic E-state index is 11.1. The van der Waals surface area contributed by atoms with E-state index < -0.39 is 0 Å². The third-order valence-corrected chi connectivity index (χ3v) is 2.95. The van der Waals surface area contributed by atoms with E-state index in [-0.39, 0.29) is 11.2 Å². The Kier molecular flexibility index (Phi) is 4.41. The Morgan fingerprint density at radius 2 is 2.50 bits per heavy atom. The van der Waals surface area contributed by atoms with Gasteiger partial charge in [0.15, 0.2) is 0 Å². The maximum absolute atomic E-state index is 11.1. The number of rotatable bonds is 4. The van der Waals surface area contributed by atoms with Gasteiger partial charge in [-0.15, -0.1) is 11.3 Å². The zero-order chi connectivity index (χ0) is 10.6. The normalized spacial score (nSPS) is 12.5. The Morgan fingerprint density at radius 3 is 3.00 bits per heavy atom. The molecule has 1 N–H and O–H groups in total. The summed E-state index contributed by atoms with van der Waals surface area (Å²) in [5.74, 6) is -0.0263. The van der Waals surface area contributed by atoms with Crippen LogP contribution in [0.5, 0.6) is 0 Å². The van der Waals surface area contributed by atoms with Crippen molar-refractivity contribution in [1.82, 2.24) is 10.3 Å². The van der Waals surface area contributed by atoms with Crippen LogP contribution in [0.1, 0.15) is 17.6 Å². The van der Waals surface area contributed by atoms with Crippen LogP contribution in [0.15, 0.2) is 5.38 Å². The van der Waals surface area contributed by atoms with Crippen LogP contribution in [0.2, 0.25) is 0 Å². The van der Waals surface area contributed by atoms with E-state index in [0.29, 0.717) is 6.54 Å². The molecule has 1 aromatic heterocycles. The fraction of sp³-hybridized carbons (Fsp3) is 0.556. The second-order valence-corrected chi connectivity index (χ2v) is 4.82. The molecule has 1 heterocycles. The fourth-order valence-corrected chi connectivity index (χ4v) is 1.83. The summed E-state index contributed by atoms with van der Waals surface area (Å²) in [5, 5.41) is 5.63. The number of aromatic nitrogens is 1.